The Morgan fingerprint density at radius 3 is 2.90 bits per heavy atom. The molecule has 0 spiro atoms. The Kier molecular flexibility index (Phi) is 4.43. The first-order chi connectivity index (χ1) is 14.6. The van der Waals surface area contributed by atoms with Gasteiger partial charge in [0.2, 0.25) is 0 Å². The van der Waals surface area contributed by atoms with Crippen molar-refractivity contribution < 1.29 is 13.7 Å². The number of aryl methyl sites for hydroxylation is 3. The summed E-state index contributed by atoms with van der Waals surface area (Å²) in [6.45, 7) is 1.81. The highest BCUT2D eigenvalue weighted by Gasteiger charge is 2.20. The molecule has 0 bridgehead atoms. The van der Waals surface area contributed by atoms with Gasteiger partial charge < -0.3 is 8.94 Å². The van der Waals surface area contributed by atoms with Gasteiger partial charge in [-0.1, -0.05) is 17.3 Å². The molecule has 0 amide bonds. The quantitative estimate of drug-likeness (QED) is 0.449. The molecule has 4 aromatic rings. The molecule has 1 aliphatic rings. The van der Waals surface area contributed by atoms with Gasteiger partial charge in [-0.2, -0.15) is 10.1 Å². The zero-order valence-electron chi connectivity index (χ0n) is 16.8. The molecule has 0 unspecified atom stereocenters. The Hall–Kier alpha value is -3.74. The van der Waals surface area contributed by atoms with Gasteiger partial charge in [0.1, 0.15) is 11.5 Å². The number of carbonyl (C=O) groups excluding carboxylic acids is 1. The van der Waals surface area contributed by atoms with Crippen LogP contribution in [0.15, 0.2) is 51.6 Å². The molecule has 0 fully saturated rings. The third-order valence-corrected chi connectivity index (χ3v) is 5.30. The number of nitrogens with zero attached hydrogens (tertiary/aromatic N) is 4. The van der Waals surface area contributed by atoms with E-state index in [1.807, 2.05) is 32.2 Å². The van der Waals surface area contributed by atoms with E-state index in [0.717, 1.165) is 34.6 Å². The summed E-state index contributed by atoms with van der Waals surface area (Å²) >= 11 is 0. The lowest BCUT2D eigenvalue weighted by atomic mass is 10.0. The number of Topliss-reactive ketones (excluding diaryl/α,β-unsaturated/α-hetero) is 1. The summed E-state index contributed by atoms with van der Waals surface area (Å²) in [6.07, 6.45) is 5.39. The molecule has 1 aliphatic carbocycles. The Morgan fingerprint density at radius 2 is 2.13 bits per heavy atom. The molecule has 0 N–H and O–H groups in total. The molecule has 5 rings (SSSR count). The lowest BCUT2D eigenvalue weighted by Gasteiger charge is -2.04. The number of fused-ring (bicyclic) bond motifs is 1. The van der Waals surface area contributed by atoms with Gasteiger partial charge in [0.15, 0.2) is 11.6 Å². The van der Waals surface area contributed by atoms with Crippen LogP contribution in [0, 0.1) is 6.92 Å². The molecule has 7 nitrogen and oxygen atoms in total. The topological polar surface area (TPSA) is 87.0 Å². The third kappa shape index (κ3) is 3.39. The van der Waals surface area contributed by atoms with Crippen molar-refractivity contribution in [2.75, 3.05) is 0 Å². The van der Waals surface area contributed by atoms with Crippen molar-refractivity contribution in [3.8, 4) is 11.3 Å². The van der Waals surface area contributed by atoms with E-state index in [0.29, 0.717) is 30.3 Å². The number of aromatic nitrogens is 4. The largest absolute Gasteiger partial charge is 0.469 e. The van der Waals surface area contributed by atoms with Gasteiger partial charge in [-0.3, -0.25) is 9.48 Å². The first-order valence-corrected chi connectivity index (χ1v) is 9.81. The highest BCUT2D eigenvalue weighted by Crippen LogP contribution is 2.33. The Bertz CT molecular complexity index is 1260. The van der Waals surface area contributed by atoms with Crippen LogP contribution in [0.1, 0.15) is 45.5 Å². The van der Waals surface area contributed by atoms with Crippen LogP contribution in [-0.2, 0) is 19.9 Å². The summed E-state index contributed by atoms with van der Waals surface area (Å²) in [5.41, 5.74) is 5.72. The molecule has 1 aromatic carbocycles. The Balaban J connectivity index is 1.38. The molecule has 3 aromatic heterocycles. The molecule has 3 heterocycles. The normalized spacial score (nSPS) is 12.8. The maximum absolute atomic E-state index is 12.6. The molecule has 150 valence electrons. The van der Waals surface area contributed by atoms with Crippen LogP contribution in [0.25, 0.3) is 22.9 Å². The van der Waals surface area contributed by atoms with Crippen molar-refractivity contribution in [2.24, 2.45) is 7.05 Å². The summed E-state index contributed by atoms with van der Waals surface area (Å²) in [5.74, 6) is 2.00. The van der Waals surface area contributed by atoms with Crippen molar-refractivity contribution in [1.82, 2.24) is 19.9 Å². The van der Waals surface area contributed by atoms with Crippen molar-refractivity contribution in [3.63, 3.8) is 0 Å². The van der Waals surface area contributed by atoms with Crippen molar-refractivity contribution in [1.29, 1.82) is 0 Å². The summed E-state index contributed by atoms with van der Waals surface area (Å²) in [6, 6.07) is 11.8. The fourth-order valence-electron chi connectivity index (χ4n) is 3.75. The molecule has 0 saturated carbocycles. The van der Waals surface area contributed by atoms with Crippen LogP contribution in [-0.4, -0.2) is 25.7 Å². The lowest BCUT2D eigenvalue weighted by molar-refractivity contribution is 0.0975. The average Bonchev–Trinajstić information content (AvgIpc) is 3.51. The van der Waals surface area contributed by atoms with E-state index >= 15 is 0 Å². The zero-order chi connectivity index (χ0) is 20.7. The number of carbonyl (C=O) groups is 1. The number of furan rings is 1. The van der Waals surface area contributed by atoms with Crippen LogP contribution >= 0.6 is 0 Å². The minimum atomic E-state index is 0.00311. The standard InChI is InChI=1S/C23H20N4O3/c1-14-24-23(30-26-14)18-10-15-5-6-16(11-17(15)12-18)21-13-20(25-27(21)2)22(28)8-7-19-4-3-9-29-19/h3-6,9,11-13H,7-8,10H2,1-2H3. The van der Waals surface area contributed by atoms with Crippen LogP contribution in [0.2, 0.25) is 0 Å². The first-order valence-electron chi connectivity index (χ1n) is 9.81. The predicted molar refractivity (Wildman–Crippen MR) is 111 cm³/mol. The molecular formula is C23H20N4O3. The lowest BCUT2D eigenvalue weighted by Crippen LogP contribution is -2.03. The van der Waals surface area contributed by atoms with Crippen LogP contribution < -0.4 is 0 Å². The highest BCUT2D eigenvalue weighted by atomic mass is 16.5. The van der Waals surface area contributed by atoms with Gasteiger partial charge in [-0.05, 0) is 48.4 Å². The fraction of sp³-hybridized carbons (Fsp3) is 0.217. The van der Waals surface area contributed by atoms with Crippen LogP contribution in [0.3, 0.4) is 0 Å². The van der Waals surface area contributed by atoms with Gasteiger partial charge in [-0.25, -0.2) is 0 Å². The van der Waals surface area contributed by atoms with Crippen LogP contribution in [0.5, 0.6) is 0 Å². The number of benzene rings is 1. The van der Waals surface area contributed by atoms with E-state index in [2.05, 4.69) is 39.5 Å². The first kappa shape index (κ1) is 18.3. The molecule has 0 saturated heterocycles. The monoisotopic (exact) mass is 400 g/mol. The number of rotatable bonds is 6. The third-order valence-electron chi connectivity index (χ3n) is 5.30. The zero-order valence-corrected chi connectivity index (χ0v) is 16.8. The van der Waals surface area contributed by atoms with Gasteiger partial charge in [0.25, 0.3) is 5.89 Å². The van der Waals surface area contributed by atoms with E-state index in [1.54, 1.807) is 10.9 Å². The smallest absolute Gasteiger partial charge is 0.254 e. The molecule has 0 atom stereocenters. The fourth-order valence-corrected chi connectivity index (χ4v) is 3.75. The van der Waals surface area contributed by atoms with Crippen molar-refractivity contribution in [2.45, 2.75) is 26.2 Å². The minimum absolute atomic E-state index is 0.00311. The summed E-state index contributed by atoms with van der Waals surface area (Å²) in [7, 11) is 1.86. The van der Waals surface area contributed by atoms with Crippen molar-refractivity contribution >= 4 is 17.4 Å². The molecule has 30 heavy (non-hydrogen) atoms. The van der Waals surface area contributed by atoms with Crippen LogP contribution in [0.4, 0.5) is 0 Å². The minimum Gasteiger partial charge on any atom is -0.469 e. The number of hydrogen-bond acceptors (Lipinski definition) is 6. The van der Waals surface area contributed by atoms with Crippen molar-refractivity contribution in [3.05, 3.63) is 77.0 Å². The van der Waals surface area contributed by atoms with Gasteiger partial charge in [0.05, 0.1) is 12.0 Å². The van der Waals surface area contributed by atoms with E-state index in [4.69, 9.17) is 8.94 Å². The second kappa shape index (κ2) is 7.26. The maximum Gasteiger partial charge on any atom is 0.254 e. The summed E-state index contributed by atoms with van der Waals surface area (Å²) in [4.78, 5) is 16.9. The van der Waals surface area contributed by atoms with Gasteiger partial charge in [0, 0.05) is 37.4 Å². The molecular weight excluding hydrogens is 380 g/mol. The predicted octanol–water partition coefficient (Wildman–Crippen LogP) is 4.28. The molecule has 0 radical (unpaired) electrons. The Labute approximate surface area is 173 Å². The molecule has 0 aliphatic heterocycles. The number of hydrogen-bond donors (Lipinski definition) is 0. The summed E-state index contributed by atoms with van der Waals surface area (Å²) in [5, 5.41) is 8.31. The Morgan fingerprint density at radius 1 is 1.23 bits per heavy atom. The van der Waals surface area contributed by atoms with E-state index in [-0.39, 0.29) is 5.78 Å². The number of allylic oxidation sites excluding steroid dienone is 1. The second-order valence-electron chi connectivity index (χ2n) is 7.45. The molecule has 7 heteroatoms. The maximum atomic E-state index is 12.6. The second-order valence-corrected chi connectivity index (χ2v) is 7.45. The van der Waals surface area contributed by atoms with Gasteiger partial charge in [-0.15, -0.1) is 0 Å². The van der Waals surface area contributed by atoms with Gasteiger partial charge >= 0.3 is 0 Å². The van der Waals surface area contributed by atoms with E-state index < -0.39 is 0 Å². The number of ketones is 1. The van der Waals surface area contributed by atoms with E-state index in [1.165, 1.54) is 5.56 Å². The van der Waals surface area contributed by atoms with E-state index in [9.17, 15) is 4.79 Å². The SMILES string of the molecule is Cc1noc(C2=Cc3cc(-c4cc(C(=O)CCc5ccco5)nn4C)ccc3C2)n1. The average molecular weight is 400 g/mol. The summed E-state index contributed by atoms with van der Waals surface area (Å²) < 4.78 is 12.4. The highest BCUT2D eigenvalue weighted by molar-refractivity contribution is 5.95.